The van der Waals surface area contributed by atoms with Crippen LogP contribution in [0.5, 0.6) is 0 Å². The Hall–Kier alpha value is -2.60. The van der Waals surface area contributed by atoms with Crippen LogP contribution >= 0.6 is 0 Å². The van der Waals surface area contributed by atoms with Crippen molar-refractivity contribution in [1.29, 1.82) is 0 Å². The largest absolute Gasteiger partial charge is 0.465 e. The number of para-hydroxylation sites is 1. The Balaban J connectivity index is 2.12. The summed E-state index contributed by atoms with van der Waals surface area (Å²) in [5.74, 6) is -0.887. The number of nitrogens with one attached hydrogen (secondary N) is 2. The van der Waals surface area contributed by atoms with Crippen LogP contribution in [0.2, 0.25) is 0 Å². The molecule has 2 N–H and O–H groups in total. The number of hydrogen-bond acceptors (Lipinski definition) is 5. The molecule has 0 saturated heterocycles. The monoisotopic (exact) mass is 356 g/mol. The molecule has 2 heterocycles. The molecule has 1 aliphatic rings. The number of aromatic amines is 1. The maximum Gasteiger partial charge on any atom is 0.339 e. The van der Waals surface area contributed by atoms with E-state index < -0.39 is 5.97 Å². The molecular weight excluding hydrogens is 332 g/mol. The molecule has 0 spiro atoms. The molecule has 6 nitrogen and oxygen atoms in total. The van der Waals surface area contributed by atoms with Gasteiger partial charge in [-0.15, -0.1) is 0 Å². The Morgan fingerprint density at radius 1 is 1.27 bits per heavy atom. The highest BCUT2D eigenvalue weighted by molar-refractivity contribution is 6.17. The number of benzene rings is 1. The van der Waals surface area contributed by atoms with Crippen LogP contribution in [0.4, 0.5) is 0 Å². The second kappa shape index (κ2) is 7.74. The van der Waals surface area contributed by atoms with Gasteiger partial charge in [-0.2, -0.15) is 0 Å². The van der Waals surface area contributed by atoms with Gasteiger partial charge in [-0.05, 0) is 31.5 Å². The number of ether oxygens (including phenoxy) is 2. The summed E-state index contributed by atoms with van der Waals surface area (Å²) in [5, 5.41) is 4.50. The van der Waals surface area contributed by atoms with Gasteiger partial charge in [0.15, 0.2) is 0 Å². The molecule has 0 unspecified atom stereocenters. The van der Waals surface area contributed by atoms with Crippen molar-refractivity contribution in [2.45, 2.75) is 26.4 Å². The highest BCUT2D eigenvalue weighted by Crippen LogP contribution is 2.30. The summed E-state index contributed by atoms with van der Waals surface area (Å²) in [6.07, 6.45) is 2.28. The van der Waals surface area contributed by atoms with Crippen LogP contribution in [0.15, 0.2) is 30.3 Å². The predicted octanol–water partition coefficient (Wildman–Crippen LogP) is 2.44. The molecule has 0 radical (unpaired) electrons. The van der Waals surface area contributed by atoms with Gasteiger partial charge in [0, 0.05) is 30.3 Å². The van der Waals surface area contributed by atoms with E-state index >= 15 is 0 Å². The van der Waals surface area contributed by atoms with Crippen molar-refractivity contribution in [3.05, 3.63) is 41.6 Å². The second-order valence-corrected chi connectivity index (χ2v) is 6.53. The summed E-state index contributed by atoms with van der Waals surface area (Å²) in [4.78, 5) is 27.3. The number of fused-ring (bicyclic) bond motifs is 3. The van der Waals surface area contributed by atoms with E-state index in [1.807, 2.05) is 31.2 Å². The lowest BCUT2D eigenvalue weighted by molar-refractivity contribution is -0.147. The average molecular weight is 356 g/mol. The topological polar surface area (TPSA) is 80.4 Å². The lowest BCUT2D eigenvalue weighted by atomic mass is 9.97. The summed E-state index contributed by atoms with van der Waals surface area (Å²) < 4.78 is 10.4. The van der Waals surface area contributed by atoms with E-state index in [0.29, 0.717) is 12.1 Å². The minimum absolute atomic E-state index is 0.148. The smallest absolute Gasteiger partial charge is 0.339 e. The van der Waals surface area contributed by atoms with Crippen molar-refractivity contribution >= 4 is 28.4 Å². The highest BCUT2D eigenvalue weighted by atomic mass is 16.5. The molecular formula is C20H24N2O4. The van der Waals surface area contributed by atoms with E-state index in [-0.39, 0.29) is 18.0 Å². The summed E-state index contributed by atoms with van der Waals surface area (Å²) >= 11 is 0. The van der Waals surface area contributed by atoms with Gasteiger partial charge < -0.3 is 19.8 Å². The van der Waals surface area contributed by atoms with Crippen LogP contribution in [0.3, 0.4) is 0 Å². The maximum absolute atomic E-state index is 12.5. The van der Waals surface area contributed by atoms with Crippen molar-refractivity contribution in [2.75, 3.05) is 20.2 Å². The fraction of sp³-hybridized carbons (Fsp3) is 0.400. The molecule has 0 amide bonds. The standard InChI is InChI=1S/C20H24N2O4/c1-12(26-13(2)23)14-10-17(20(24)25-3)19-16(8-9-21-11-14)15-6-4-5-7-18(15)22-19/h4-7,10,12,14,21-22H,8-9,11H2,1-3H3/b17-10+/t12-,14+/m0/s1. The summed E-state index contributed by atoms with van der Waals surface area (Å²) in [6, 6.07) is 8.00. The lowest BCUT2D eigenvalue weighted by Crippen LogP contribution is -2.32. The SMILES string of the molecule is COC(=O)/C1=C/[C@@H]([C@H](C)OC(C)=O)CNCCc2c1[nH]c1ccccc21. The number of esters is 2. The molecule has 138 valence electrons. The number of hydrogen-bond donors (Lipinski definition) is 2. The van der Waals surface area contributed by atoms with Crippen molar-refractivity contribution in [3.63, 3.8) is 0 Å². The third-order valence-electron chi connectivity index (χ3n) is 4.76. The lowest BCUT2D eigenvalue weighted by Gasteiger charge is -2.21. The maximum atomic E-state index is 12.5. The van der Waals surface area contributed by atoms with Crippen molar-refractivity contribution in [2.24, 2.45) is 5.92 Å². The third-order valence-corrected chi connectivity index (χ3v) is 4.76. The minimum Gasteiger partial charge on any atom is -0.465 e. The van der Waals surface area contributed by atoms with E-state index in [9.17, 15) is 9.59 Å². The number of methoxy groups -OCH3 is 1. The molecule has 2 aromatic rings. The quantitative estimate of drug-likeness (QED) is 0.826. The molecule has 1 aromatic carbocycles. The number of aromatic nitrogens is 1. The number of H-pyrrole nitrogens is 1. The summed E-state index contributed by atoms with van der Waals surface area (Å²) in [7, 11) is 1.38. The van der Waals surface area contributed by atoms with E-state index in [2.05, 4.69) is 16.4 Å². The van der Waals surface area contributed by atoms with Gasteiger partial charge in [-0.3, -0.25) is 4.79 Å². The number of carbonyl (C=O) groups excluding carboxylic acids is 2. The molecule has 0 fully saturated rings. The Morgan fingerprint density at radius 3 is 2.77 bits per heavy atom. The minimum atomic E-state index is -0.403. The fourth-order valence-corrected chi connectivity index (χ4v) is 3.46. The number of rotatable bonds is 3. The molecule has 0 bridgehead atoms. The number of carbonyl (C=O) groups is 2. The van der Waals surface area contributed by atoms with Crippen LogP contribution in [0, 0.1) is 5.92 Å². The molecule has 2 atom stereocenters. The zero-order valence-electron chi connectivity index (χ0n) is 15.3. The molecule has 1 aromatic heterocycles. The first kappa shape index (κ1) is 18.2. The first-order chi connectivity index (χ1) is 12.5. The fourth-order valence-electron chi connectivity index (χ4n) is 3.46. The third kappa shape index (κ3) is 3.65. The Bertz CT molecular complexity index is 853. The van der Waals surface area contributed by atoms with Crippen molar-refractivity contribution in [3.8, 4) is 0 Å². The van der Waals surface area contributed by atoms with E-state index in [1.54, 1.807) is 0 Å². The Labute approximate surface area is 152 Å². The Kier molecular flexibility index (Phi) is 5.42. The van der Waals surface area contributed by atoms with Crippen molar-refractivity contribution < 1.29 is 19.1 Å². The zero-order chi connectivity index (χ0) is 18.7. The normalized spacial score (nSPS) is 20.7. The van der Waals surface area contributed by atoms with Gasteiger partial charge in [-0.1, -0.05) is 24.3 Å². The van der Waals surface area contributed by atoms with Crippen LogP contribution < -0.4 is 5.32 Å². The molecule has 6 heteroatoms. The summed E-state index contributed by atoms with van der Waals surface area (Å²) in [6.45, 7) is 4.60. The molecule has 26 heavy (non-hydrogen) atoms. The van der Waals surface area contributed by atoms with Gasteiger partial charge in [0.25, 0.3) is 0 Å². The van der Waals surface area contributed by atoms with Crippen LogP contribution in [-0.2, 0) is 25.5 Å². The van der Waals surface area contributed by atoms with Gasteiger partial charge in [0.1, 0.15) is 6.10 Å². The molecule has 0 saturated carbocycles. The first-order valence-electron chi connectivity index (χ1n) is 8.79. The highest BCUT2D eigenvalue weighted by Gasteiger charge is 2.26. The van der Waals surface area contributed by atoms with E-state index in [1.165, 1.54) is 14.0 Å². The second-order valence-electron chi connectivity index (χ2n) is 6.53. The van der Waals surface area contributed by atoms with Crippen LogP contribution in [0.25, 0.3) is 16.5 Å². The molecule has 3 rings (SSSR count). The summed E-state index contributed by atoms with van der Waals surface area (Å²) in [5.41, 5.74) is 3.33. The van der Waals surface area contributed by atoms with Gasteiger partial charge in [0.05, 0.1) is 18.4 Å². The van der Waals surface area contributed by atoms with Crippen LogP contribution in [-0.4, -0.2) is 43.2 Å². The van der Waals surface area contributed by atoms with Crippen LogP contribution in [0.1, 0.15) is 25.1 Å². The molecule has 0 aliphatic carbocycles. The van der Waals surface area contributed by atoms with Crippen molar-refractivity contribution in [1.82, 2.24) is 10.3 Å². The van der Waals surface area contributed by atoms with Gasteiger partial charge in [-0.25, -0.2) is 4.79 Å². The average Bonchev–Trinajstić information content (AvgIpc) is 3.00. The first-order valence-corrected chi connectivity index (χ1v) is 8.79. The predicted molar refractivity (Wildman–Crippen MR) is 99.6 cm³/mol. The zero-order valence-corrected chi connectivity index (χ0v) is 15.3. The molecule has 1 aliphatic heterocycles. The van der Waals surface area contributed by atoms with Gasteiger partial charge in [0.2, 0.25) is 0 Å². The van der Waals surface area contributed by atoms with E-state index in [4.69, 9.17) is 9.47 Å². The Morgan fingerprint density at radius 2 is 2.04 bits per heavy atom. The van der Waals surface area contributed by atoms with Gasteiger partial charge >= 0.3 is 11.9 Å². The van der Waals surface area contributed by atoms with E-state index in [0.717, 1.165) is 35.1 Å².